The van der Waals surface area contributed by atoms with E-state index in [1.165, 1.54) is 38.9 Å². The zero-order chi connectivity index (χ0) is 94.5. The number of aliphatic hydroxyl groups is 1. The average Bonchev–Trinajstić information content (AvgIpc) is 1.77. The van der Waals surface area contributed by atoms with Crippen LogP contribution in [-0.2, 0) is 114 Å². The van der Waals surface area contributed by atoms with Crippen LogP contribution < -0.4 is 114 Å². The highest BCUT2D eigenvalue weighted by molar-refractivity contribution is 6.01. The van der Waals surface area contributed by atoms with E-state index < -0.39 is 285 Å². The van der Waals surface area contributed by atoms with Crippen LogP contribution in [0, 0.1) is 23.7 Å². The number of amides is 18. The molecule has 50 nitrogen and oxygen atoms in total. The SMILES string of the molecule is CC(C)C[C@H](NC(=O)[C@H](CCCCN)NC(=O)[C@H](CCC(N)=O)NC(=O)[C@H](Cc1c[nH]cn1)NC(=O)[C@H](Cc1c[nH]cn1)NC(=O)[C@@H](N)C(C)C)C(=O)N[C@H](C(=O)NCC(=O)NCC(=O)N[C@@H](C)C(=O)N[C@@H](CCC(=O)O)C(=O)N[C@@H](CC(=O)O)C(=O)N[C@H](C(=O)NCC(=O)N[C@@H](CO)C(=O)N[C@@H](CC(N)=O)C(=O)N[C@@H](CCCCN)C(=O)O)C(C)C)C(C)C. The van der Waals surface area contributed by atoms with Gasteiger partial charge in [-0.05, 0) is 101 Å². The minimum atomic E-state index is -2.07. The number of imidazole rings is 2. The topological polar surface area (TPSA) is 819 Å². The highest BCUT2D eigenvalue weighted by Gasteiger charge is 2.39. The molecule has 2 heterocycles. The molecule has 2 aromatic heterocycles. The summed E-state index contributed by atoms with van der Waals surface area (Å²) in [6.07, 6.45) is 1.77. The largest absolute Gasteiger partial charge is 0.481 e. The maximum absolute atomic E-state index is 14.4. The Balaban J connectivity index is 2.21. The number of unbranched alkanes of at least 4 members (excludes halogenated alkanes) is 2. The van der Waals surface area contributed by atoms with Crippen LogP contribution in [-0.4, -0.2) is 289 Å². The van der Waals surface area contributed by atoms with E-state index in [1.807, 2.05) is 0 Å². The van der Waals surface area contributed by atoms with Crippen molar-refractivity contribution in [2.45, 2.75) is 243 Å². The van der Waals surface area contributed by atoms with Gasteiger partial charge in [-0.3, -0.25) is 95.9 Å². The molecule has 14 atom stereocenters. The third-order valence-corrected chi connectivity index (χ3v) is 18.7. The third-order valence-electron chi connectivity index (χ3n) is 18.7. The van der Waals surface area contributed by atoms with Crippen LogP contribution >= 0.6 is 0 Å². The first-order chi connectivity index (χ1) is 58.7. The quantitative estimate of drug-likeness (QED) is 0.0274. The molecule has 0 saturated heterocycles. The van der Waals surface area contributed by atoms with E-state index in [-0.39, 0.29) is 75.6 Å². The minimum absolute atomic E-state index is 0.0477. The zero-order valence-corrected chi connectivity index (χ0v) is 71.2. The first-order valence-electron chi connectivity index (χ1n) is 40.4. The molecular formula is C75H123N25O25. The minimum Gasteiger partial charge on any atom is -0.481 e. The van der Waals surface area contributed by atoms with E-state index in [9.17, 15) is 121 Å². The second-order valence-corrected chi connectivity index (χ2v) is 30.9. The number of hydrogen-bond donors (Lipinski definition) is 27. The van der Waals surface area contributed by atoms with E-state index in [1.54, 1.807) is 41.5 Å². The molecule has 0 spiro atoms. The van der Waals surface area contributed by atoms with Crippen molar-refractivity contribution in [1.82, 2.24) is 105 Å². The number of aliphatic carboxylic acids is 3. The van der Waals surface area contributed by atoms with E-state index >= 15 is 0 Å². The lowest BCUT2D eigenvalue weighted by molar-refractivity contribution is -0.143. The number of aromatic amines is 2. The summed E-state index contributed by atoms with van der Waals surface area (Å²) in [6.45, 7) is 10.4. The van der Waals surface area contributed by atoms with E-state index in [4.69, 9.17) is 28.7 Å². The summed E-state index contributed by atoms with van der Waals surface area (Å²) >= 11 is 0. The maximum atomic E-state index is 14.4. The molecule has 0 fully saturated rings. The number of primary amides is 2. The lowest BCUT2D eigenvalue weighted by Gasteiger charge is -2.28. The Kier molecular flexibility index (Phi) is 48.5. The van der Waals surface area contributed by atoms with Crippen LogP contribution in [0.15, 0.2) is 25.0 Å². The van der Waals surface area contributed by atoms with E-state index in [0.717, 1.165) is 6.92 Å². The summed E-state index contributed by atoms with van der Waals surface area (Å²) in [7, 11) is 0. The number of carbonyl (C=O) groups excluding carboxylic acids is 18. The number of carboxylic acids is 3. The summed E-state index contributed by atoms with van der Waals surface area (Å²) < 4.78 is 0. The molecule has 0 unspecified atom stereocenters. The van der Waals surface area contributed by atoms with Gasteiger partial charge in [-0.1, -0.05) is 55.4 Å². The molecule has 50 heteroatoms. The number of carboxylic acid groups (broad SMARTS) is 3. The lowest BCUT2D eigenvalue weighted by atomic mass is 9.99. The molecule has 0 bridgehead atoms. The second kappa shape index (κ2) is 56.0. The molecule has 2 rings (SSSR count). The number of hydrogen-bond acceptors (Lipinski definition) is 27. The predicted octanol–water partition coefficient (Wildman–Crippen LogP) is -10.3. The van der Waals surface area contributed by atoms with Crippen molar-refractivity contribution < 1.29 is 121 Å². The summed E-state index contributed by atoms with van der Waals surface area (Å²) in [4.78, 5) is 292. The van der Waals surface area contributed by atoms with Crippen molar-refractivity contribution in [2.75, 3.05) is 39.3 Å². The molecule has 0 aliphatic rings. The smallest absolute Gasteiger partial charge is 0.326 e. The van der Waals surface area contributed by atoms with Gasteiger partial charge < -0.3 is 144 Å². The zero-order valence-electron chi connectivity index (χ0n) is 71.2. The monoisotopic (exact) mass is 1770 g/mol. The van der Waals surface area contributed by atoms with Gasteiger partial charge in [0.15, 0.2) is 0 Å². The number of rotatable bonds is 61. The Morgan fingerprint density at radius 2 is 0.744 bits per heavy atom. The fourth-order valence-electron chi connectivity index (χ4n) is 11.7. The van der Waals surface area contributed by atoms with Gasteiger partial charge in [0, 0.05) is 38.1 Å². The molecule has 2 aromatic rings. The highest BCUT2D eigenvalue weighted by Crippen LogP contribution is 2.15. The highest BCUT2D eigenvalue weighted by atomic mass is 16.4. The lowest BCUT2D eigenvalue weighted by Crippen LogP contribution is -2.61. The number of aromatic nitrogens is 4. The van der Waals surface area contributed by atoms with Crippen molar-refractivity contribution >= 4 is 124 Å². The van der Waals surface area contributed by atoms with Crippen LogP contribution in [0.3, 0.4) is 0 Å². The van der Waals surface area contributed by atoms with Gasteiger partial charge in [0.25, 0.3) is 0 Å². The Morgan fingerprint density at radius 3 is 1.17 bits per heavy atom. The Hall–Kier alpha value is -12.9. The number of nitrogens with zero attached hydrogens (tertiary/aromatic N) is 2. The van der Waals surface area contributed by atoms with Crippen molar-refractivity contribution in [3.05, 3.63) is 36.4 Å². The van der Waals surface area contributed by atoms with Gasteiger partial charge in [-0.15, -0.1) is 0 Å². The molecular weight excluding hydrogens is 1650 g/mol. The van der Waals surface area contributed by atoms with Gasteiger partial charge in [0.2, 0.25) is 106 Å². The van der Waals surface area contributed by atoms with Gasteiger partial charge in [-0.25, -0.2) is 14.8 Å². The van der Waals surface area contributed by atoms with Crippen molar-refractivity contribution in [1.29, 1.82) is 0 Å². The Bertz CT molecular complexity index is 4000. The molecule has 698 valence electrons. The van der Waals surface area contributed by atoms with Crippen molar-refractivity contribution in [3.8, 4) is 0 Å². The number of carbonyl (C=O) groups is 21. The number of H-pyrrole nitrogens is 2. The molecule has 32 N–H and O–H groups in total. The fraction of sp³-hybridized carbons (Fsp3) is 0.640. The molecule has 0 radical (unpaired) electrons. The first kappa shape index (κ1) is 108. The van der Waals surface area contributed by atoms with Gasteiger partial charge >= 0.3 is 17.9 Å². The number of nitrogens with one attached hydrogen (secondary N) is 18. The van der Waals surface area contributed by atoms with Crippen molar-refractivity contribution in [3.63, 3.8) is 0 Å². The summed E-state index contributed by atoms with van der Waals surface area (Å²) in [6, 6.07) is -22.0. The van der Waals surface area contributed by atoms with Crippen LogP contribution in [0.1, 0.15) is 157 Å². The second-order valence-electron chi connectivity index (χ2n) is 30.9. The normalized spacial score (nSPS) is 14.5. The Labute approximate surface area is 719 Å². The molecule has 125 heavy (non-hydrogen) atoms. The standard InChI is InChI=1S/C75H123N25O25/c1-35(2)22-46(94-63(112)42(14-10-12-20-76)91-64(113)43(16-18-52(78)102)92-66(115)47(23-40-27-81-33-86-40)95-67(116)48(24-41-28-82-34-87-41)98-72(121)59(80)36(3)4)69(118)99-60(37(5)6)73(122)84-29-54(104)83-30-55(105)88-39(9)62(111)90-44(17-19-57(107)108)65(114)97-50(26-58(109)110)70(119)100-61(38(7)8)74(123)85-31-56(106)89-51(32-101)71(120)96-49(25-53(79)103)68(117)93-45(75(124)125)15-11-13-21-77/h27-28,33-39,42-51,59-61,101H,10-26,29-32,76-77,80H2,1-9H3,(H2,78,102)(H2,79,103)(H,81,86)(H,82,87)(H,83,104)(H,84,122)(H,85,123)(H,88,105)(H,89,106)(H,90,111)(H,91,113)(H,92,115)(H,93,117)(H,94,112)(H,95,116)(H,96,120)(H,97,114)(H,98,121)(H,99,118)(H,100,119)(H,107,108)(H,109,110)(H,124,125)/t39-,42-,43-,44-,45-,46-,47-,48-,49-,50-,51-,59-,60-,61-/m0/s1. The maximum Gasteiger partial charge on any atom is 0.326 e. The van der Waals surface area contributed by atoms with E-state index in [0.29, 0.717) is 18.5 Å². The first-order valence-corrected chi connectivity index (χ1v) is 40.4. The van der Waals surface area contributed by atoms with Crippen LogP contribution in [0.4, 0.5) is 0 Å². The third kappa shape index (κ3) is 41.7. The van der Waals surface area contributed by atoms with Crippen LogP contribution in [0.2, 0.25) is 0 Å². The fourth-order valence-corrected chi connectivity index (χ4v) is 11.7. The molecule has 0 aliphatic heterocycles. The van der Waals surface area contributed by atoms with Crippen molar-refractivity contribution in [2.24, 2.45) is 52.3 Å². The predicted molar refractivity (Wildman–Crippen MR) is 438 cm³/mol. The molecule has 0 aliphatic carbocycles. The summed E-state index contributed by atoms with van der Waals surface area (Å²) in [5, 5.41) is 76.3. The van der Waals surface area contributed by atoms with Crippen LogP contribution in [0.25, 0.3) is 0 Å². The Morgan fingerprint density at radius 1 is 0.368 bits per heavy atom. The summed E-state index contributed by atoms with van der Waals surface area (Å²) in [5.74, 6) is -25.6. The van der Waals surface area contributed by atoms with Gasteiger partial charge in [0.05, 0.1) is 69.2 Å². The van der Waals surface area contributed by atoms with Gasteiger partial charge in [-0.2, -0.15) is 0 Å². The number of nitrogens with two attached hydrogens (primary N) is 5. The van der Waals surface area contributed by atoms with Crippen LogP contribution in [0.5, 0.6) is 0 Å². The average molecular weight is 1770 g/mol. The van der Waals surface area contributed by atoms with Gasteiger partial charge in [0.1, 0.15) is 78.5 Å². The molecule has 0 saturated carbocycles. The summed E-state index contributed by atoms with van der Waals surface area (Å²) in [5.41, 5.74) is 28.7. The molecule has 0 aromatic carbocycles. The van der Waals surface area contributed by atoms with E-state index in [2.05, 4.69) is 105 Å². The molecule has 18 amide bonds. The number of aliphatic hydroxyl groups excluding tert-OH is 1.